The summed E-state index contributed by atoms with van der Waals surface area (Å²) in [6.07, 6.45) is 2.49. The summed E-state index contributed by atoms with van der Waals surface area (Å²) in [7, 11) is 0. The zero-order valence-electron chi connectivity index (χ0n) is 9.95. The van der Waals surface area contributed by atoms with E-state index in [9.17, 15) is 8.78 Å². The minimum absolute atomic E-state index is 0.293. The molecular weight excluding hydrogens is 238 g/mol. The van der Waals surface area contributed by atoms with E-state index in [4.69, 9.17) is 0 Å². The van der Waals surface area contributed by atoms with Crippen LogP contribution in [0.15, 0.2) is 24.4 Å². The number of hydrogen-bond donors (Lipinski definition) is 2. The van der Waals surface area contributed by atoms with E-state index in [1.165, 1.54) is 6.07 Å². The van der Waals surface area contributed by atoms with Gasteiger partial charge < -0.3 is 5.32 Å². The lowest BCUT2D eigenvalue weighted by Crippen LogP contribution is -2.23. The minimum atomic E-state index is -0.862. The summed E-state index contributed by atoms with van der Waals surface area (Å²) in [6.45, 7) is 2.77. The molecule has 1 aromatic carbocycles. The maximum atomic E-state index is 13.3. The first-order valence-electron chi connectivity index (χ1n) is 5.76. The molecule has 0 aliphatic heterocycles. The van der Waals surface area contributed by atoms with Crippen LogP contribution in [0.25, 0.3) is 0 Å². The average Bonchev–Trinajstić information content (AvgIpc) is 2.88. The monoisotopic (exact) mass is 252 g/mol. The van der Waals surface area contributed by atoms with Crippen LogP contribution < -0.4 is 5.32 Å². The molecule has 2 N–H and O–H groups in total. The van der Waals surface area contributed by atoms with Crippen LogP contribution in [-0.2, 0) is 0 Å². The van der Waals surface area contributed by atoms with Crippen LogP contribution >= 0.6 is 0 Å². The third kappa shape index (κ3) is 2.70. The second-order valence-corrected chi connectivity index (χ2v) is 3.96. The van der Waals surface area contributed by atoms with Gasteiger partial charge in [0.15, 0.2) is 11.6 Å². The van der Waals surface area contributed by atoms with Crippen molar-refractivity contribution in [2.75, 3.05) is 6.54 Å². The molecule has 0 saturated carbocycles. The summed E-state index contributed by atoms with van der Waals surface area (Å²) in [5, 5.41) is 13.5. The summed E-state index contributed by atoms with van der Waals surface area (Å²) in [5.41, 5.74) is 1.27. The number of halogens is 2. The van der Waals surface area contributed by atoms with E-state index in [0.29, 0.717) is 11.3 Å². The second kappa shape index (κ2) is 5.68. The van der Waals surface area contributed by atoms with Gasteiger partial charge in [-0.1, -0.05) is 13.0 Å². The van der Waals surface area contributed by atoms with Gasteiger partial charge in [0.1, 0.15) is 5.69 Å². The minimum Gasteiger partial charge on any atom is -0.305 e. The van der Waals surface area contributed by atoms with E-state index < -0.39 is 11.6 Å². The van der Waals surface area contributed by atoms with Crippen molar-refractivity contribution in [1.29, 1.82) is 0 Å². The summed E-state index contributed by atoms with van der Waals surface area (Å²) >= 11 is 0. The van der Waals surface area contributed by atoms with E-state index in [-0.39, 0.29) is 6.04 Å². The summed E-state index contributed by atoms with van der Waals surface area (Å²) < 4.78 is 26.2. The lowest BCUT2D eigenvalue weighted by molar-refractivity contribution is 0.502. The van der Waals surface area contributed by atoms with Crippen LogP contribution in [0, 0.1) is 11.6 Å². The van der Waals surface area contributed by atoms with Crippen molar-refractivity contribution in [3.8, 4) is 0 Å². The summed E-state index contributed by atoms with van der Waals surface area (Å²) in [6, 6.07) is 3.54. The fourth-order valence-corrected chi connectivity index (χ4v) is 1.72. The lowest BCUT2D eigenvalue weighted by atomic mass is 10.0. The fraction of sp³-hybridized carbons (Fsp3) is 0.333. The molecule has 0 radical (unpaired) electrons. The number of H-pyrrole nitrogens is 1. The van der Waals surface area contributed by atoms with E-state index >= 15 is 0 Å². The Kier molecular flexibility index (Phi) is 3.99. The van der Waals surface area contributed by atoms with Gasteiger partial charge in [-0.25, -0.2) is 8.78 Å². The van der Waals surface area contributed by atoms with Gasteiger partial charge >= 0.3 is 0 Å². The Bertz CT molecular complexity index is 499. The largest absolute Gasteiger partial charge is 0.305 e. The molecule has 96 valence electrons. The van der Waals surface area contributed by atoms with Crippen molar-refractivity contribution in [1.82, 2.24) is 20.7 Å². The second-order valence-electron chi connectivity index (χ2n) is 3.96. The maximum absolute atomic E-state index is 13.3. The van der Waals surface area contributed by atoms with E-state index in [1.807, 2.05) is 6.92 Å². The topological polar surface area (TPSA) is 53.6 Å². The van der Waals surface area contributed by atoms with Gasteiger partial charge in [-0.2, -0.15) is 15.4 Å². The molecule has 0 spiro atoms. The number of hydrogen-bond acceptors (Lipinski definition) is 3. The maximum Gasteiger partial charge on any atom is 0.159 e. The Hall–Kier alpha value is -1.82. The number of aromatic nitrogens is 3. The zero-order chi connectivity index (χ0) is 13.0. The number of nitrogens with one attached hydrogen (secondary N) is 2. The molecular formula is C12H14F2N4. The average molecular weight is 252 g/mol. The van der Waals surface area contributed by atoms with Crippen molar-refractivity contribution in [3.63, 3.8) is 0 Å². The van der Waals surface area contributed by atoms with Crippen molar-refractivity contribution in [2.24, 2.45) is 0 Å². The SMILES string of the molecule is CCCNC(c1ccc(F)c(F)c1)c1cn[nH]n1. The molecule has 0 saturated heterocycles. The standard InChI is InChI=1S/C12H14F2N4/c1-2-5-15-12(11-7-16-18-17-11)8-3-4-9(13)10(14)6-8/h3-4,6-7,12,15H,2,5H2,1H3,(H,16,17,18). The van der Waals surface area contributed by atoms with Gasteiger partial charge in [-0.15, -0.1) is 0 Å². The van der Waals surface area contributed by atoms with Gasteiger partial charge in [-0.05, 0) is 30.7 Å². The van der Waals surface area contributed by atoms with Crippen LogP contribution in [0.1, 0.15) is 30.6 Å². The van der Waals surface area contributed by atoms with E-state index in [1.54, 1.807) is 12.3 Å². The zero-order valence-corrected chi connectivity index (χ0v) is 9.95. The Labute approximate surface area is 103 Å². The molecule has 2 aromatic rings. The normalized spacial score (nSPS) is 12.6. The first kappa shape index (κ1) is 12.6. The van der Waals surface area contributed by atoms with Gasteiger partial charge in [0.05, 0.1) is 12.2 Å². The molecule has 1 heterocycles. The molecule has 1 atom stereocenters. The van der Waals surface area contributed by atoms with E-state index in [0.717, 1.165) is 19.0 Å². The molecule has 0 amide bonds. The quantitative estimate of drug-likeness (QED) is 0.857. The molecule has 4 nitrogen and oxygen atoms in total. The lowest BCUT2D eigenvalue weighted by Gasteiger charge is -2.16. The smallest absolute Gasteiger partial charge is 0.159 e. The first-order chi connectivity index (χ1) is 8.72. The molecule has 0 aliphatic rings. The number of aromatic amines is 1. The third-order valence-electron chi connectivity index (χ3n) is 2.60. The molecule has 6 heteroatoms. The number of nitrogens with zero attached hydrogens (tertiary/aromatic N) is 2. The molecule has 0 fully saturated rings. The molecule has 18 heavy (non-hydrogen) atoms. The Morgan fingerprint density at radius 1 is 1.33 bits per heavy atom. The van der Waals surface area contributed by atoms with Crippen LogP contribution in [0.3, 0.4) is 0 Å². The van der Waals surface area contributed by atoms with Crippen molar-refractivity contribution in [3.05, 3.63) is 47.3 Å². The number of benzene rings is 1. The Balaban J connectivity index is 2.30. The van der Waals surface area contributed by atoms with Crippen molar-refractivity contribution < 1.29 is 8.78 Å². The van der Waals surface area contributed by atoms with Crippen LogP contribution in [0.5, 0.6) is 0 Å². The van der Waals surface area contributed by atoms with Gasteiger partial charge in [0, 0.05) is 0 Å². The highest BCUT2D eigenvalue weighted by Crippen LogP contribution is 2.21. The molecule has 0 bridgehead atoms. The molecule has 1 aromatic heterocycles. The molecule has 0 aliphatic carbocycles. The highest BCUT2D eigenvalue weighted by atomic mass is 19.2. The van der Waals surface area contributed by atoms with Gasteiger partial charge in [0.25, 0.3) is 0 Å². The van der Waals surface area contributed by atoms with Crippen LogP contribution in [0.2, 0.25) is 0 Å². The van der Waals surface area contributed by atoms with Crippen LogP contribution in [0.4, 0.5) is 8.78 Å². The molecule has 1 unspecified atom stereocenters. The van der Waals surface area contributed by atoms with Crippen LogP contribution in [-0.4, -0.2) is 22.0 Å². The highest BCUT2D eigenvalue weighted by Gasteiger charge is 2.17. The Morgan fingerprint density at radius 3 is 2.78 bits per heavy atom. The summed E-state index contributed by atoms with van der Waals surface area (Å²) in [4.78, 5) is 0. The first-order valence-corrected chi connectivity index (χ1v) is 5.76. The van der Waals surface area contributed by atoms with E-state index in [2.05, 4.69) is 20.7 Å². The predicted molar refractivity (Wildman–Crippen MR) is 62.9 cm³/mol. The molecule has 2 rings (SSSR count). The van der Waals surface area contributed by atoms with Gasteiger partial charge in [-0.3, -0.25) is 0 Å². The summed E-state index contributed by atoms with van der Waals surface area (Å²) in [5.74, 6) is -1.72. The van der Waals surface area contributed by atoms with Crippen molar-refractivity contribution in [2.45, 2.75) is 19.4 Å². The number of rotatable bonds is 5. The van der Waals surface area contributed by atoms with Gasteiger partial charge in [0.2, 0.25) is 0 Å². The third-order valence-corrected chi connectivity index (χ3v) is 2.60. The predicted octanol–water partition coefficient (Wildman–Crippen LogP) is 2.17. The Morgan fingerprint density at radius 2 is 2.17 bits per heavy atom. The fourth-order valence-electron chi connectivity index (χ4n) is 1.72. The van der Waals surface area contributed by atoms with Crippen molar-refractivity contribution >= 4 is 0 Å². The highest BCUT2D eigenvalue weighted by molar-refractivity contribution is 5.27.